The fourth-order valence-corrected chi connectivity index (χ4v) is 5.14. The monoisotopic (exact) mass is 501 g/mol. The van der Waals surface area contributed by atoms with Crippen molar-refractivity contribution in [3.05, 3.63) is 91.0 Å². The Morgan fingerprint density at radius 3 is 2.53 bits per heavy atom. The first-order chi connectivity index (χ1) is 18.6. The Hall–Kier alpha value is -4.78. The van der Waals surface area contributed by atoms with Crippen LogP contribution in [-0.2, 0) is 4.79 Å². The van der Waals surface area contributed by atoms with Crippen LogP contribution in [-0.4, -0.2) is 26.1 Å². The highest BCUT2D eigenvalue weighted by molar-refractivity contribution is 6.02. The second kappa shape index (κ2) is 8.95. The summed E-state index contributed by atoms with van der Waals surface area (Å²) in [5, 5.41) is 12.8. The lowest BCUT2D eigenvalue weighted by molar-refractivity contribution is -0.122. The number of aromatic nitrogens is 4. The van der Waals surface area contributed by atoms with Gasteiger partial charge in [0.1, 0.15) is 11.5 Å². The van der Waals surface area contributed by atoms with Gasteiger partial charge in [-0.15, -0.1) is 0 Å². The number of nitrogens with zero attached hydrogens (tertiary/aromatic N) is 2. The van der Waals surface area contributed by atoms with E-state index in [-0.39, 0.29) is 17.6 Å². The molecule has 1 amide bonds. The number of anilines is 1. The normalized spacial score (nSPS) is 13.6. The molecule has 1 saturated carbocycles. The zero-order valence-corrected chi connectivity index (χ0v) is 20.5. The van der Waals surface area contributed by atoms with E-state index in [1.54, 1.807) is 24.5 Å². The number of H-pyrrole nitrogens is 2. The SMILES string of the molecule is O=C(Nc1cncc(-c2ccc3[nH]nc(-c4cc5c(-c6ccc(F)cc6)cccc5[nH]4)c3c2)c1)C1CCC1. The van der Waals surface area contributed by atoms with Crippen molar-refractivity contribution in [2.75, 3.05) is 5.32 Å². The van der Waals surface area contributed by atoms with E-state index in [9.17, 15) is 9.18 Å². The van der Waals surface area contributed by atoms with Gasteiger partial charge in [-0.1, -0.05) is 36.8 Å². The van der Waals surface area contributed by atoms with E-state index in [4.69, 9.17) is 0 Å². The molecule has 0 bridgehead atoms. The molecule has 7 rings (SSSR count). The largest absolute Gasteiger partial charge is 0.353 e. The first kappa shape index (κ1) is 22.4. The van der Waals surface area contributed by atoms with Crippen LogP contribution in [0.3, 0.4) is 0 Å². The first-order valence-electron chi connectivity index (χ1n) is 12.7. The summed E-state index contributed by atoms with van der Waals surface area (Å²) in [5.41, 5.74) is 8.18. The van der Waals surface area contributed by atoms with Crippen molar-refractivity contribution in [1.29, 1.82) is 0 Å². The molecule has 0 atom stereocenters. The Labute approximate surface area is 217 Å². The third-order valence-corrected chi connectivity index (χ3v) is 7.45. The second-order valence-corrected chi connectivity index (χ2v) is 9.87. The molecule has 186 valence electrons. The average molecular weight is 502 g/mol. The molecule has 3 aromatic heterocycles. The average Bonchev–Trinajstić information content (AvgIpc) is 3.52. The molecule has 38 heavy (non-hydrogen) atoms. The highest BCUT2D eigenvalue weighted by Gasteiger charge is 2.25. The molecule has 6 nitrogen and oxygen atoms in total. The maximum Gasteiger partial charge on any atom is 0.227 e. The van der Waals surface area contributed by atoms with Gasteiger partial charge in [0, 0.05) is 34.0 Å². The quantitative estimate of drug-likeness (QED) is 0.231. The number of carbonyl (C=O) groups excluding carboxylic acids is 1. The molecule has 3 heterocycles. The maximum atomic E-state index is 13.5. The summed E-state index contributed by atoms with van der Waals surface area (Å²) >= 11 is 0. The van der Waals surface area contributed by atoms with E-state index in [1.165, 1.54) is 12.1 Å². The van der Waals surface area contributed by atoms with Gasteiger partial charge in [0.15, 0.2) is 0 Å². The standard InChI is InChI=1S/C31H24FN5O/c32-22-10-7-18(8-11-22)24-5-2-6-27-25(24)15-29(35-27)30-26-14-20(9-12-28(26)36-37-30)21-13-23(17-33-16-21)34-31(38)19-3-1-4-19/h2,5-17,19,35H,1,3-4H2,(H,34,38)(H,36,37). The molecule has 1 aliphatic rings. The highest BCUT2D eigenvalue weighted by atomic mass is 19.1. The number of aromatic amines is 2. The van der Waals surface area contributed by atoms with Crippen molar-refractivity contribution in [3.63, 3.8) is 0 Å². The van der Waals surface area contributed by atoms with Gasteiger partial charge in [-0.05, 0) is 72.0 Å². The fourth-order valence-electron chi connectivity index (χ4n) is 5.14. The molecule has 3 aromatic carbocycles. The minimum Gasteiger partial charge on any atom is -0.353 e. The summed E-state index contributed by atoms with van der Waals surface area (Å²) in [6.07, 6.45) is 6.52. The molecule has 0 aliphatic heterocycles. The van der Waals surface area contributed by atoms with Gasteiger partial charge >= 0.3 is 0 Å². The van der Waals surface area contributed by atoms with Crippen molar-refractivity contribution in [1.82, 2.24) is 20.2 Å². The summed E-state index contributed by atoms with van der Waals surface area (Å²) in [6, 6.07) is 22.8. The zero-order valence-electron chi connectivity index (χ0n) is 20.5. The van der Waals surface area contributed by atoms with E-state index in [0.29, 0.717) is 5.69 Å². The van der Waals surface area contributed by atoms with Crippen molar-refractivity contribution >= 4 is 33.4 Å². The van der Waals surface area contributed by atoms with E-state index in [2.05, 4.69) is 37.6 Å². The van der Waals surface area contributed by atoms with Gasteiger partial charge in [-0.2, -0.15) is 5.10 Å². The zero-order chi connectivity index (χ0) is 25.6. The molecule has 0 radical (unpaired) electrons. The van der Waals surface area contributed by atoms with Crippen LogP contribution in [0.1, 0.15) is 19.3 Å². The maximum absolute atomic E-state index is 13.5. The lowest BCUT2D eigenvalue weighted by atomic mass is 9.85. The Kier molecular flexibility index (Phi) is 5.28. The van der Waals surface area contributed by atoms with Gasteiger partial charge in [0.25, 0.3) is 0 Å². The van der Waals surface area contributed by atoms with Gasteiger partial charge in [-0.25, -0.2) is 4.39 Å². The third-order valence-electron chi connectivity index (χ3n) is 7.45. The molecule has 1 fully saturated rings. The molecule has 6 aromatic rings. The topological polar surface area (TPSA) is 86.5 Å². The molecule has 7 heteroatoms. The van der Waals surface area contributed by atoms with E-state index in [1.807, 2.05) is 36.4 Å². The summed E-state index contributed by atoms with van der Waals surface area (Å²) in [7, 11) is 0. The van der Waals surface area contributed by atoms with Gasteiger partial charge in [0.05, 0.1) is 23.1 Å². The van der Waals surface area contributed by atoms with Crippen molar-refractivity contribution in [3.8, 4) is 33.6 Å². The second-order valence-electron chi connectivity index (χ2n) is 9.87. The van der Waals surface area contributed by atoms with Crippen molar-refractivity contribution in [2.45, 2.75) is 19.3 Å². The third kappa shape index (κ3) is 3.93. The lowest BCUT2D eigenvalue weighted by Gasteiger charge is -2.24. The smallest absolute Gasteiger partial charge is 0.227 e. The molecular formula is C31H24FN5O. The number of hydrogen-bond donors (Lipinski definition) is 3. The minimum atomic E-state index is -0.254. The number of amides is 1. The predicted molar refractivity (Wildman–Crippen MR) is 148 cm³/mol. The van der Waals surface area contributed by atoms with Crippen LogP contribution >= 0.6 is 0 Å². The lowest BCUT2D eigenvalue weighted by Crippen LogP contribution is -2.28. The van der Waals surface area contributed by atoms with Crippen LogP contribution in [0.15, 0.2) is 85.2 Å². The summed E-state index contributed by atoms with van der Waals surface area (Å²) in [6.45, 7) is 0. The number of carbonyl (C=O) groups is 1. The van der Waals surface area contributed by atoms with Crippen LogP contribution in [0.25, 0.3) is 55.4 Å². The number of pyridine rings is 1. The summed E-state index contributed by atoms with van der Waals surface area (Å²) in [4.78, 5) is 20.3. The van der Waals surface area contributed by atoms with Crippen molar-refractivity contribution in [2.24, 2.45) is 5.92 Å². The molecular weight excluding hydrogens is 477 g/mol. The molecule has 3 N–H and O–H groups in total. The molecule has 1 aliphatic carbocycles. The molecule has 0 saturated heterocycles. The Morgan fingerprint density at radius 2 is 1.71 bits per heavy atom. The Bertz CT molecular complexity index is 1810. The van der Waals surface area contributed by atoms with Crippen LogP contribution in [0, 0.1) is 11.7 Å². The number of benzene rings is 3. The number of fused-ring (bicyclic) bond motifs is 2. The summed E-state index contributed by atoms with van der Waals surface area (Å²) < 4.78 is 13.5. The number of halogens is 1. The Balaban J connectivity index is 1.26. The summed E-state index contributed by atoms with van der Waals surface area (Å²) in [5.74, 6) is -0.0686. The van der Waals surface area contributed by atoms with E-state index >= 15 is 0 Å². The van der Waals surface area contributed by atoms with E-state index < -0.39 is 0 Å². The fraction of sp³-hybridized carbons (Fsp3) is 0.129. The van der Waals surface area contributed by atoms with Crippen molar-refractivity contribution < 1.29 is 9.18 Å². The molecule has 0 spiro atoms. The highest BCUT2D eigenvalue weighted by Crippen LogP contribution is 2.35. The van der Waals surface area contributed by atoms with Crippen LogP contribution < -0.4 is 5.32 Å². The van der Waals surface area contributed by atoms with Gasteiger partial charge in [0.2, 0.25) is 5.91 Å². The number of nitrogens with one attached hydrogen (secondary N) is 3. The Morgan fingerprint density at radius 1 is 0.868 bits per heavy atom. The number of hydrogen-bond acceptors (Lipinski definition) is 3. The van der Waals surface area contributed by atoms with Gasteiger partial charge < -0.3 is 10.3 Å². The predicted octanol–water partition coefficient (Wildman–Crippen LogP) is 7.32. The van der Waals surface area contributed by atoms with E-state index in [0.717, 1.165) is 74.7 Å². The molecule has 0 unspecified atom stereocenters. The first-order valence-corrected chi connectivity index (χ1v) is 12.7. The minimum absolute atomic E-state index is 0.0709. The van der Waals surface area contributed by atoms with Crippen LogP contribution in [0.4, 0.5) is 10.1 Å². The number of rotatable bonds is 5. The van der Waals surface area contributed by atoms with Crippen LogP contribution in [0.5, 0.6) is 0 Å². The van der Waals surface area contributed by atoms with Crippen LogP contribution in [0.2, 0.25) is 0 Å². The van der Waals surface area contributed by atoms with Gasteiger partial charge in [-0.3, -0.25) is 14.9 Å².